The van der Waals surface area contributed by atoms with Crippen LogP contribution in [0.2, 0.25) is 0 Å². The van der Waals surface area contributed by atoms with Crippen LogP contribution in [-0.4, -0.2) is 35.2 Å². The molecule has 7 heteroatoms. The molecule has 2 N–H and O–H groups in total. The van der Waals surface area contributed by atoms with Crippen molar-refractivity contribution < 1.29 is 23.5 Å². The molecule has 19 heavy (non-hydrogen) atoms. The molecule has 0 aliphatic rings. The van der Waals surface area contributed by atoms with E-state index in [1.165, 1.54) is 11.8 Å². The number of carboxylic acid groups (broad SMARTS) is 1. The second-order valence-corrected chi connectivity index (χ2v) is 4.74. The van der Waals surface area contributed by atoms with Crippen LogP contribution in [0.1, 0.15) is 6.42 Å². The maximum Gasteiger partial charge on any atom is 0.326 e. The largest absolute Gasteiger partial charge is 0.480 e. The monoisotopic (exact) mass is 289 g/mol. The number of benzene rings is 1. The summed E-state index contributed by atoms with van der Waals surface area (Å²) in [5.41, 5.74) is 0. The summed E-state index contributed by atoms with van der Waals surface area (Å²) in [5.74, 6) is -2.06. The van der Waals surface area contributed by atoms with Gasteiger partial charge in [0.2, 0.25) is 12.3 Å². The fraction of sp³-hybridized carbons (Fsp3) is 0.333. The van der Waals surface area contributed by atoms with Crippen LogP contribution in [0.3, 0.4) is 0 Å². The number of carbonyl (C=O) groups is 2. The molecule has 1 aromatic rings. The Kier molecular flexibility index (Phi) is 6.27. The van der Waals surface area contributed by atoms with Crippen molar-refractivity contribution in [3.8, 4) is 0 Å². The van der Waals surface area contributed by atoms with Gasteiger partial charge in [-0.1, -0.05) is 18.2 Å². The fourth-order valence-corrected chi connectivity index (χ4v) is 2.03. The van der Waals surface area contributed by atoms with Gasteiger partial charge in [0.15, 0.2) is 0 Å². The molecular formula is C12H13F2NO3S. The zero-order valence-corrected chi connectivity index (χ0v) is 10.7. The van der Waals surface area contributed by atoms with Crippen molar-refractivity contribution >= 4 is 23.6 Å². The summed E-state index contributed by atoms with van der Waals surface area (Å²) in [4.78, 5) is 23.0. The molecule has 0 saturated carbocycles. The zero-order chi connectivity index (χ0) is 14.3. The Balaban J connectivity index is 2.42. The van der Waals surface area contributed by atoms with Crippen LogP contribution in [0.4, 0.5) is 8.78 Å². The summed E-state index contributed by atoms with van der Waals surface area (Å²) < 4.78 is 24.3. The van der Waals surface area contributed by atoms with E-state index in [0.717, 1.165) is 4.90 Å². The van der Waals surface area contributed by atoms with Crippen molar-refractivity contribution in [1.82, 2.24) is 5.32 Å². The molecule has 0 aromatic heterocycles. The average Bonchev–Trinajstić information content (AvgIpc) is 2.36. The molecule has 1 aromatic carbocycles. The molecule has 4 nitrogen and oxygen atoms in total. The molecule has 0 fully saturated rings. The minimum Gasteiger partial charge on any atom is -0.480 e. The Morgan fingerprint density at radius 1 is 1.26 bits per heavy atom. The van der Waals surface area contributed by atoms with Crippen LogP contribution in [0.5, 0.6) is 0 Å². The quantitative estimate of drug-likeness (QED) is 0.754. The molecule has 0 bridgehead atoms. The maximum absolute atomic E-state index is 12.1. The third kappa shape index (κ3) is 6.19. The number of hydrogen-bond donors (Lipinski definition) is 2. The minimum atomic E-state index is -2.77. The predicted octanol–water partition coefficient (Wildman–Crippen LogP) is 2.00. The molecule has 0 radical (unpaired) electrons. The molecule has 1 rings (SSSR count). The summed E-state index contributed by atoms with van der Waals surface area (Å²) in [6, 6.07) is 7.47. The fourth-order valence-electron chi connectivity index (χ4n) is 1.30. The van der Waals surface area contributed by atoms with E-state index in [0.29, 0.717) is 0 Å². The Morgan fingerprint density at radius 2 is 1.89 bits per heavy atom. The highest BCUT2D eigenvalue weighted by Gasteiger charge is 2.23. The topological polar surface area (TPSA) is 66.4 Å². The number of hydrogen-bond acceptors (Lipinski definition) is 3. The Morgan fingerprint density at radius 3 is 2.42 bits per heavy atom. The number of aliphatic carboxylic acids is 1. The second kappa shape index (κ2) is 7.73. The maximum atomic E-state index is 12.1. The summed E-state index contributed by atoms with van der Waals surface area (Å²) in [5, 5.41) is 10.8. The van der Waals surface area contributed by atoms with Crippen molar-refractivity contribution in [3.63, 3.8) is 0 Å². The Hall–Kier alpha value is -1.63. The SMILES string of the molecule is O=C(CSc1ccccc1)NC(CC(F)F)C(=O)O. The van der Waals surface area contributed by atoms with Gasteiger partial charge in [0.05, 0.1) is 5.75 Å². The van der Waals surface area contributed by atoms with Crippen LogP contribution in [0, 0.1) is 0 Å². The molecule has 0 saturated heterocycles. The zero-order valence-electron chi connectivity index (χ0n) is 9.88. The smallest absolute Gasteiger partial charge is 0.326 e. The average molecular weight is 289 g/mol. The number of nitrogens with one attached hydrogen (secondary N) is 1. The first-order valence-corrected chi connectivity index (χ1v) is 6.45. The summed E-state index contributed by atoms with van der Waals surface area (Å²) in [6.07, 6.45) is -3.67. The van der Waals surface area contributed by atoms with E-state index >= 15 is 0 Å². The van der Waals surface area contributed by atoms with Gasteiger partial charge in [0, 0.05) is 11.3 Å². The van der Waals surface area contributed by atoms with Crippen molar-refractivity contribution in [2.75, 3.05) is 5.75 Å². The van der Waals surface area contributed by atoms with Crippen LogP contribution >= 0.6 is 11.8 Å². The first kappa shape index (κ1) is 15.4. The van der Waals surface area contributed by atoms with Gasteiger partial charge in [0.1, 0.15) is 6.04 Å². The molecule has 0 heterocycles. The number of halogens is 2. The van der Waals surface area contributed by atoms with Crippen LogP contribution in [0.25, 0.3) is 0 Å². The standard InChI is InChI=1S/C12H13F2NO3S/c13-10(14)6-9(12(17)18)15-11(16)7-19-8-4-2-1-3-5-8/h1-5,9-10H,6-7H2,(H,15,16)(H,17,18). The summed E-state index contributed by atoms with van der Waals surface area (Å²) in [6.45, 7) is 0. The first-order chi connectivity index (χ1) is 8.99. The lowest BCUT2D eigenvalue weighted by molar-refractivity contribution is -0.142. The van der Waals surface area contributed by atoms with Crippen molar-refractivity contribution in [1.29, 1.82) is 0 Å². The Labute approximate surface area is 113 Å². The molecule has 0 spiro atoms. The van der Waals surface area contributed by atoms with E-state index in [2.05, 4.69) is 5.32 Å². The number of thioether (sulfide) groups is 1. The number of carboxylic acids is 1. The number of amides is 1. The van der Waals surface area contributed by atoms with E-state index in [-0.39, 0.29) is 5.75 Å². The number of carbonyl (C=O) groups excluding carboxylic acids is 1. The third-order valence-electron chi connectivity index (χ3n) is 2.16. The third-order valence-corrected chi connectivity index (χ3v) is 3.17. The van der Waals surface area contributed by atoms with Gasteiger partial charge >= 0.3 is 5.97 Å². The van der Waals surface area contributed by atoms with Gasteiger partial charge in [-0.3, -0.25) is 4.79 Å². The highest BCUT2D eigenvalue weighted by Crippen LogP contribution is 2.16. The molecule has 0 aliphatic carbocycles. The lowest BCUT2D eigenvalue weighted by Gasteiger charge is -2.13. The van der Waals surface area contributed by atoms with E-state index in [4.69, 9.17) is 5.11 Å². The van der Waals surface area contributed by atoms with Crippen molar-refractivity contribution in [2.45, 2.75) is 23.8 Å². The first-order valence-electron chi connectivity index (χ1n) is 5.47. The molecule has 1 unspecified atom stereocenters. The van der Waals surface area contributed by atoms with Crippen molar-refractivity contribution in [3.05, 3.63) is 30.3 Å². The molecule has 1 amide bonds. The number of alkyl halides is 2. The summed E-state index contributed by atoms with van der Waals surface area (Å²) in [7, 11) is 0. The van der Waals surface area contributed by atoms with Crippen LogP contribution in [-0.2, 0) is 9.59 Å². The van der Waals surface area contributed by atoms with E-state index in [9.17, 15) is 18.4 Å². The van der Waals surface area contributed by atoms with E-state index in [1.54, 1.807) is 24.3 Å². The van der Waals surface area contributed by atoms with Crippen molar-refractivity contribution in [2.24, 2.45) is 0 Å². The van der Waals surface area contributed by atoms with Gasteiger partial charge in [-0.25, -0.2) is 13.6 Å². The molecule has 104 valence electrons. The van der Waals surface area contributed by atoms with Crippen LogP contribution < -0.4 is 5.32 Å². The van der Waals surface area contributed by atoms with Gasteiger partial charge in [-0.05, 0) is 12.1 Å². The van der Waals surface area contributed by atoms with E-state index < -0.39 is 30.8 Å². The highest BCUT2D eigenvalue weighted by atomic mass is 32.2. The van der Waals surface area contributed by atoms with Gasteiger partial charge in [0.25, 0.3) is 0 Å². The minimum absolute atomic E-state index is 0.0168. The second-order valence-electron chi connectivity index (χ2n) is 3.69. The van der Waals surface area contributed by atoms with E-state index in [1.807, 2.05) is 6.07 Å². The summed E-state index contributed by atoms with van der Waals surface area (Å²) >= 11 is 1.21. The van der Waals surface area contributed by atoms with Crippen LogP contribution in [0.15, 0.2) is 35.2 Å². The molecule has 1 atom stereocenters. The van der Waals surface area contributed by atoms with Gasteiger partial charge in [-0.15, -0.1) is 11.8 Å². The van der Waals surface area contributed by atoms with Gasteiger partial charge in [-0.2, -0.15) is 0 Å². The Bertz CT molecular complexity index is 428. The normalized spacial score (nSPS) is 12.2. The number of rotatable bonds is 7. The molecule has 0 aliphatic heterocycles. The van der Waals surface area contributed by atoms with Gasteiger partial charge < -0.3 is 10.4 Å². The highest BCUT2D eigenvalue weighted by molar-refractivity contribution is 8.00. The lowest BCUT2D eigenvalue weighted by atomic mass is 10.2. The lowest BCUT2D eigenvalue weighted by Crippen LogP contribution is -2.42. The molecular weight excluding hydrogens is 276 g/mol. The predicted molar refractivity (Wildman–Crippen MR) is 67.4 cm³/mol.